The fourth-order valence-electron chi connectivity index (χ4n) is 1.50. The molecule has 1 aromatic carbocycles. The molecule has 108 valence electrons. The molecule has 0 heterocycles. The number of hydrogen-bond acceptors (Lipinski definition) is 4. The van der Waals surface area contributed by atoms with Gasteiger partial charge in [0.05, 0.1) is 4.90 Å². The van der Waals surface area contributed by atoms with Gasteiger partial charge in [0.25, 0.3) is 0 Å². The Balaban J connectivity index is 2.95. The largest absolute Gasteiger partial charge is 0.352 e. The quantitative estimate of drug-likeness (QED) is 0.722. The van der Waals surface area contributed by atoms with Crippen LogP contribution in [0.15, 0.2) is 23.1 Å². The Bertz CT molecular complexity index is 490. The van der Waals surface area contributed by atoms with E-state index in [0.29, 0.717) is 13.2 Å². The molecule has 0 fully saturated rings. The highest BCUT2D eigenvalue weighted by Crippen LogP contribution is 2.23. The lowest BCUT2D eigenvalue weighted by atomic mass is 10.4. The van der Waals surface area contributed by atoms with E-state index in [4.69, 9.17) is 32.7 Å². The average Bonchev–Trinajstić information content (AvgIpc) is 2.27. The normalized spacial score (nSPS) is 12.1. The van der Waals surface area contributed by atoms with Crippen LogP contribution in [0.1, 0.15) is 13.8 Å². The molecule has 0 amide bonds. The first-order valence-electron chi connectivity index (χ1n) is 5.81. The van der Waals surface area contributed by atoms with E-state index in [1.165, 1.54) is 18.2 Å². The fourth-order valence-corrected chi connectivity index (χ4v) is 3.51. The predicted molar refractivity (Wildman–Crippen MR) is 75.6 cm³/mol. The molecule has 0 saturated heterocycles. The Labute approximate surface area is 123 Å². The van der Waals surface area contributed by atoms with Gasteiger partial charge in [-0.1, -0.05) is 23.2 Å². The van der Waals surface area contributed by atoms with Gasteiger partial charge in [-0.25, -0.2) is 8.42 Å². The van der Waals surface area contributed by atoms with E-state index in [2.05, 4.69) is 0 Å². The molecular formula is C12H16Cl2O4S. The summed E-state index contributed by atoms with van der Waals surface area (Å²) >= 11 is 11.6. The summed E-state index contributed by atoms with van der Waals surface area (Å²) < 4.78 is 34.9. The summed E-state index contributed by atoms with van der Waals surface area (Å²) in [5.74, 6) is -0.272. The lowest BCUT2D eigenvalue weighted by Gasteiger charge is -2.17. The smallest absolute Gasteiger partial charge is 0.183 e. The molecule has 0 aliphatic heterocycles. The summed E-state index contributed by atoms with van der Waals surface area (Å²) in [6, 6.07) is 4.19. The molecule has 1 aromatic rings. The number of halogens is 2. The lowest BCUT2D eigenvalue weighted by Crippen LogP contribution is -2.27. The molecule has 0 aromatic heterocycles. The van der Waals surface area contributed by atoms with E-state index in [1.54, 1.807) is 13.8 Å². The second-order valence-corrected chi connectivity index (χ2v) is 6.63. The van der Waals surface area contributed by atoms with Gasteiger partial charge >= 0.3 is 0 Å². The first kappa shape index (κ1) is 16.7. The van der Waals surface area contributed by atoms with Gasteiger partial charge in [-0.15, -0.1) is 0 Å². The third kappa shape index (κ3) is 5.28. The van der Waals surface area contributed by atoms with E-state index in [0.717, 1.165) is 0 Å². The van der Waals surface area contributed by atoms with E-state index >= 15 is 0 Å². The summed E-state index contributed by atoms with van der Waals surface area (Å²) in [5, 5.41) is 0.547. The van der Waals surface area contributed by atoms with Crippen LogP contribution in [0.2, 0.25) is 10.0 Å². The summed E-state index contributed by atoms with van der Waals surface area (Å²) in [4.78, 5) is 0.0643. The first-order valence-corrected chi connectivity index (χ1v) is 8.22. The Morgan fingerprint density at radius 2 is 1.53 bits per heavy atom. The zero-order chi connectivity index (χ0) is 14.5. The summed E-state index contributed by atoms with van der Waals surface area (Å²) in [6.07, 6.45) is -0.794. The van der Waals surface area contributed by atoms with Crippen LogP contribution in [0.5, 0.6) is 0 Å². The van der Waals surface area contributed by atoms with Gasteiger partial charge in [0.1, 0.15) is 5.75 Å². The second-order valence-electron chi connectivity index (χ2n) is 3.73. The maximum Gasteiger partial charge on any atom is 0.183 e. The van der Waals surface area contributed by atoms with Gasteiger partial charge in [0, 0.05) is 23.3 Å². The monoisotopic (exact) mass is 326 g/mol. The highest BCUT2D eigenvalue weighted by atomic mass is 35.5. The summed E-state index contributed by atoms with van der Waals surface area (Å²) in [5.41, 5.74) is 0. The zero-order valence-corrected chi connectivity index (χ0v) is 13.1. The average molecular weight is 327 g/mol. The summed E-state index contributed by atoms with van der Waals surface area (Å²) in [7, 11) is -3.57. The van der Waals surface area contributed by atoms with Crippen LogP contribution >= 0.6 is 23.2 Å². The van der Waals surface area contributed by atoms with Crippen molar-refractivity contribution < 1.29 is 17.9 Å². The molecule has 7 heteroatoms. The third-order valence-corrected chi connectivity index (χ3v) is 4.36. The minimum atomic E-state index is -3.57. The standard InChI is InChI=1S/C12H16Cl2O4S/c1-3-17-12(18-4-2)8-19(15,16)11-6-9(13)5-10(14)7-11/h5-7,12H,3-4,8H2,1-2H3. The Kier molecular flexibility index (Phi) is 6.56. The van der Waals surface area contributed by atoms with Crippen LogP contribution in [0, 0.1) is 0 Å². The van der Waals surface area contributed by atoms with Crippen LogP contribution in [0.3, 0.4) is 0 Å². The van der Waals surface area contributed by atoms with E-state index < -0.39 is 16.1 Å². The first-order chi connectivity index (χ1) is 8.89. The Morgan fingerprint density at radius 3 is 1.95 bits per heavy atom. The van der Waals surface area contributed by atoms with Crippen molar-refractivity contribution in [1.82, 2.24) is 0 Å². The minimum absolute atomic E-state index is 0.0643. The molecule has 0 atom stereocenters. The van der Waals surface area contributed by atoms with Gasteiger partial charge in [-0.05, 0) is 32.0 Å². The third-order valence-electron chi connectivity index (χ3n) is 2.26. The van der Waals surface area contributed by atoms with Gasteiger partial charge in [-0.3, -0.25) is 0 Å². The van der Waals surface area contributed by atoms with Crippen molar-refractivity contribution in [2.75, 3.05) is 19.0 Å². The van der Waals surface area contributed by atoms with Gasteiger partial charge < -0.3 is 9.47 Å². The van der Waals surface area contributed by atoms with Crippen molar-refractivity contribution in [3.8, 4) is 0 Å². The maximum absolute atomic E-state index is 12.2. The molecule has 0 radical (unpaired) electrons. The summed E-state index contributed by atoms with van der Waals surface area (Å²) in [6.45, 7) is 4.29. The molecule has 0 aliphatic rings. The molecule has 4 nitrogen and oxygen atoms in total. The topological polar surface area (TPSA) is 52.6 Å². The molecule has 0 aliphatic carbocycles. The number of sulfone groups is 1. The highest BCUT2D eigenvalue weighted by molar-refractivity contribution is 7.91. The zero-order valence-electron chi connectivity index (χ0n) is 10.7. The van der Waals surface area contributed by atoms with Crippen molar-refractivity contribution in [1.29, 1.82) is 0 Å². The second kappa shape index (κ2) is 7.45. The number of benzene rings is 1. The maximum atomic E-state index is 12.2. The molecule has 19 heavy (non-hydrogen) atoms. The highest BCUT2D eigenvalue weighted by Gasteiger charge is 2.22. The predicted octanol–water partition coefficient (Wildman–Crippen LogP) is 3.17. The van der Waals surface area contributed by atoms with Crippen LogP contribution < -0.4 is 0 Å². The van der Waals surface area contributed by atoms with Gasteiger partial charge in [0.15, 0.2) is 16.1 Å². The lowest BCUT2D eigenvalue weighted by molar-refractivity contribution is -0.120. The van der Waals surface area contributed by atoms with Gasteiger partial charge in [0.2, 0.25) is 0 Å². The Hall–Kier alpha value is -0.330. The van der Waals surface area contributed by atoms with E-state index in [9.17, 15) is 8.42 Å². The van der Waals surface area contributed by atoms with Crippen LogP contribution in [0.25, 0.3) is 0 Å². The van der Waals surface area contributed by atoms with E-state index in [-0.39, 0.29) is 20.7 Å². The van der Waals surface area contributed by atoms with Crippen LogP contribution in [-0.2, 0) is 19.3 Å². The number of ether oxygens (including phenoxy) is 2. The van der Waals surface area contributed by atoms with Gasteiger partial charge in [-0.2, -0.15) is 0 Å². The van der Waals surface area contributed by atoms with Crippen LogP contribution in [0.4, 0.5) is 0 Å². The molecule has 0 N–H and O–H groups in total. The molecule has 0 saturated carbocycles. The number of rotatable bonds is 7. The molecule has 0 spiro atoms. The molecule has 0 bridgehead atoms. The van der Waals surface area contributed by atoms with Crippen molar-refractivity contribution >= 4 is 33.0 Å². The Morgan fingerprint density at radius 1 is 1.05 bits per heavy atom. The minimum Gasteiger partial charge on any atom is -0.352 e. The number of hydrogen-bond donors (Lipinski definition) is 0. The van der Waals surface area contributed by atoms with E-state index in [1.807, 2.05) is 0 Å². The van der Waals surface area contributed by atoms with Crippen LogP contribution in [-0.4, -0.2) is 33.7 Å². The molecule has 0 unspecified atom stereocenters. The van der Waals surface area contributed by atoms with Crippen molar-refractivity contribution in [2.45, 2.75) is 25.0 Å². The SMILES string of the molecule is CCOC(CS(=O)(=O)c1cc(Cl)cc(Cl)c1)OCC. The molecular weight excluding hydrogens is 311 g/mol. The van der Waals surface area contributed by atoms with Crippen molar-refractivity contribution in [2.24, 2.45) is 0 Å². The fraction of sp³-hybridized carbons (Fsp3) is 0.500. The molecule has 1 rings (SSSR count). The van der Waals surface area contributed by atoms with Crippen molar-refractivity contribution in [3.63, 3.8) is 0 Å². The van der Waals surface area contributed by atoms with Crippen molar-refractivity contribution in [3.05, 3.63) is 28.2 Å².